The van der Waals surface area contributed by atoms with Gasteiger partial charge in [0.05, 0.1) is 24.6 Å². The van der Waals surface area contributed by atoms with Crippen molar-refractivity contribution in [1.82, 2.24) is 9.97 Å². The fourth-order valence-corrected chi connectivity index (χ4v) is 2.66. The number of hydrogen-bond donors (Lipinski definition) is 1. The minimum atomic E-state index is -0.489. The molecule has 0 saturated carbocycles. The molecule has 1 aromatic rings. The minimum Gasteiger partial charge on any atom is -0.469 e. The van der Waals surface area contributed by atoms with Gasteiger partial charge in [-0.2, -0.15) is 0 Å². The third-order valence-corrected chi connectivity index (χ3v) is 3.91. The fraction of sp³-hybridized carbons (Fsp3) is 0.643. The molecule has 0 bridgehead atoms. The molecule has 10 heteroatoms. The highest BCUT2D eigenvalue weighted by Crippen LogP contribution is 2.34. The smallest absolute Gasteiger partial charge is 0.353 e. The average Bonchev–Trinajstić information content (AvgIpc) is 2.61. The van der Waals surface area contributed by atoms with Crippen molar-refractivity contribution in [3.05, 3.63) is 16.4 Å². The van der Waals surface area contributed by atoms with E-state index in [-0.39, 0.29) is 29.2 Å². The van der Waals surface area contributed by atoms with E-state index >= 15 is 0 Å². The van der Waals surface area contributed by atoms with E-state index in [0.29, 0.717) is 39.1 Å². The number of aromatic nitrogens is 2. The van der Waals surface area contributed by atoms with Gasteiger partial charge in [0.15, 0.2) is 0 Å². The standard InChI is InChI=1S/C14H21N5O5/c1-23-8-5-15-12-11(19(21)22)13(17-9-16-12)18-6-3-10(4-7-18)14(20)24-2/h9-10H,3-8H2,1-2H3,(H,15,16,17). The van der Waals surface area contributed by atoms with Crippen LogP contribution in [0, 0.1) is 16.0 Å². The third kappa shape index (κ3) is 4.07. The van der Waals surface area contributed by atoms with Gasteiger partial charge in [0.25, 0.3) is 0 Å². The van der Waals surface area contributed by atoms with E-state index in [4.69, 9.17) is 9.47 Å². The van der Waals surface area contributed by atoms with Crippen LogP contribution in [-0.2, 0) is 14.3 Å². The highest BCUT2D eigenvalue weighted by molar-refractivity contribution is 5.74. The lowest BCUT2D eigenvalue weighted by Crippen LogP contribution is -2.37. The number of rotatable bonds is 7. The van der Waals surface area contributed by atoms with Crippen LogP contribution in [0.1, 0.15) is 12.8 Å². The summed E-state index contributed by atoms with van der Waals surface area (Å²) in [6.45, 7) is 1.80. The van der Waals surface area contributed by atoms with Gasteiger partial charge in [-0.05, 0) is 12.8 Å². The van der Waals surface area contributed by atoms with Crippen molar-refractivity contribution in [2.75, 3.05) is 50.7 Å². The molecule has 24 heavy (non-hydrogen) atoms. The monoisotopic (exact) mass is 339 g/mol. The lowest BCUT2D eigenvalue weighted by atomic mass is 9.97. The Kier molecular flexibility index (Phi) is 6.24. The van der Waals surface area contributed by atoms with Crippen LogP contribution in [0.25, 0.3) is 0 Å². The van der Waals surface area contributed by atoms with Crippen LogP contribution in [0.5, 0.6) is 0 Å². The van der Waals surface area contributed by atoms with Gasteiger partial charge in [-0.1, -0.05) is 0 Å². The van der Waals surface area contributed by atoms with Crippen molar-refractivity contribution in [1.29, 1.82) is 0 Å². The van der Waals surface area contributed by atoms with Crippen LogP contribution in [0.3, 0.4) is 0 Å². The number of nitro groups is 1. The van der Waals surface area contributed by atoms with Gasteiger partial charge in [0.1, 0.15) is 6.33 Å². The number of carbonyl (C=O) groups is 1. The molecule has 1 aromatic heterocycles. The van der Waals surface area contributed by atoms with Crippen molar-refractivity contribution in [3.8, 4) is 0 Å². The molecule has 2 rings (SSSR count). The maximum Gasteiger partial charge on any atom is 0.353 e. The number of anilines is 2. The largest absolute Gasteiger partial charge is 0.469 e. The SMILES string of the molecule is COCCNc1ncnc(N2CCC(C(=O)OC)CC2)c1[N+](=O)[O-]. The van der Waals surface area contributed by atoms with Crippen LogP contribution in [0.15, 0.2) is 6.33 Å². The Labute approximate surface area is 139 Å². The van der Waals surface area contributed by atoms with E-state index in [2.05, 4.69) is 15.3 Å². The molecule has 10 nitrogen and oxygen atoms in total. The summed E-state index contributed by atoms with van der Waals surface area (Å²) < 4.78 is 9.68. The molecule has 1 fully saturated rings. The predicted octanol–water partition coefficient (Wildman–Crippen LogP) is 0.833. The lowest BCUT2D eigenvalue weighted by molar-refractivity contribution is -0.383. The first-order chi connectivity index (χ1) is 11.6. The average molecular weight is 339 g/mol. The molecule has 1 N–H and O–H groups in total. The second-order valence-electron chi connectivity index (χ2n) is 5.36. The quantitative estimate of drug-likeness (QED) is 0.333. The molecule has 0 spiro atoms. The molecule has 1 saturated heterocycles. The summed E-state index contributed by atoms with van der Waals surface area (Å²) in [7, 11) is 2.91. The Morgan fingerprint density at radius 2 is 2.12 bits per heavy atom. The summed E-state index contributed by atoms with van der Waals surface area (Å²) in [5.41, 5.74) is -0.162. The number of carbonyl (C=O) groups excluding carboxylic acids is 1. The molecule has 0 unspecified atom stereocenters. The van der Waals surface area contributed by atoms with E-state index in [0.717, 1.165) is 0 Å². The van der Waals surface area contributed by atoms with E-state index in [9.17, 15) is 14.9 Å². The molecule has 1 aliphatic heterocycles. The van der Waals surface area contributed by atoms with E-state index in [1.54, 1.807) is 12.0 Å². The summed E-state index contributed by atoms with van der Waals surface area (Å²) in [6, 6.07) is 0. The number of piperidine rings is 1. The van der Waals surface area contributed by atoms with Crippen molar-refractivity contribution in [3.63, 3.8) is 0 Å². The van der Waals surface area contributed by atoms with Crippen LogP contribution < -0.4 is 10.2 Å². The molecule has 0 aromatic carbocycles. The minimum absolute atomic E-state index is 0.162. The zero-order valence-corrected chi connectivity index (χ0v) is 13.7. The third-order valence-electron chi connectivity index (χ3n) is 3.91. The first-order valence-corrected chi connectivity index (χ1v) is 7.63. The second-order valence-corrected chi connectivity index (χ2v) is 5.36. The molecule has 0 amide bonds. The zero-order chi connectivity index (χ0) is 17.5. The Bertz CT molecular complexity index is 589. The summed E-state index contributed by atoms with van der Waals surface area (Å²) in [5, 5.41) is 14.4. The molecule has 0 radical (unpaired) electrons. The molecule has 1 aliphatic rings. The van der Waals surface area contributed by atoms with Crippen molar-refractivity contribution in [2.45, 2.75) is 12.8 Å². The number of nitrogens with one attached hydrogen (secondary N) is 1. The second kappa shape index (κ2) is 8.39. The van der Waals surface area contributed by atoms with Crippen LogP contribution in [0.4, 0.5) is 17.3 Å². The number of ether oxygens (including phenoxy) is 2. The Morgan fingerprint density at radius 3 is 2.71 bits per heavy atom. The van der Waals surface area contributed by atoms with Gasteiger partial charge in [-0.3, -0.25) is 14.9 Å². The fourth-order valence-electron chi connectivity index (χ4n) is 2.66. The summed E-state index contributed by atoms with van der Waals surface area (Å²) in [5.74, 6) is 0.00979. The summed E-state index contributed by atoms with van der Waals surface area (Å²) >= 11 is 0. The maximum absolute atomic E-state index is 11.6. The van der Waals surface area contributed by atoms with Gasteiger partial charge in [0, 0.05) is 26.7 Å². The molecule has 0 atom stereocenters. The predicted molar refractivity (Wildman–Crippen MR) is 86.0 cm³/mol. The van der Waals surface area contributed by atoms with E-state index in [1.807, 2.05) is 0 Å². The normalized spacial score (nSPS) is 15.2. The van der Waals surface area contributed by atoms with Crippen LogP contribution >= 0.6 is 0 Å². The summed E-state index contributed by atoms with van der Waals surface area (Å²) in [4.78, 5) is 32.4. The molecule has 2 heterocycles. The highest BCUT2D eigenvalue weighted by atomic mass is 16.6. The van der Waals surface area contributed by atoms with Crippen molar-refractivity contribution >= 4 is 23.3 Å². The number of esters is 1. The van der Waals surface area contributed by atoms with Gasteiger partial charge in [-0.15, -0.1) is 0 Å². The molecular formula is C14H21N5O5. The number of nitrogens with zero attached hydrogens (tertiary/aromatic N) is 4. The van der Waals surface area contributed by atoms with Gasteiger partial charge < -0.3 is 19.7 Å². The Morgan fingerprint density at radius 1 is 1.42 bits per heavy atom. The Hall–Kier alpha value is -2.49. The van der Waals surface area contributed by atoms with Crippen molar-refractivity contribution < 1.29 is 19.2 Å². The molecular weight excluding hydrogens is 318 g/mol. The highest BCUT2D eigenvalue weighted by Gasteiger charge is 2.31. The van der Waals surface area contributed by atoms with Crippen LogP contribution in [-0.4, -0.2) is 61.3 Å². The van der Waals surface area contributed by atoms with E-state index in [1.165, 1.54) is 13.4 Å². The first kappa shape index (κ1) is 17.9. The zero-order valence-electron chi connectivity index (χ0n) is 13.7. The van der Waals surface area contributed by atoms with Gasteiger partial charge >= 0.3 is 11.7 Å². The maximum atomic E-state index is 11.6. The Balaban J connectivity index is 2.16. The first-order valence-electron chi connectivity index (χ1n) is 7.63. The number of methoxy groups -OCH3 is 2. The lowest BCUT2D eigenvalue weighted by Gasteiger charge is -2.31. The van der Waals surface area contributed by atoms with E-state index < -0.39 is 4.92 Å². The topological polar surface area (TPSA) is 120 Å². The van der Waals surface area contributed by atoms with Gasteiger partial charge in [0.2, 0.25) is 11.6 Å². The molecule has 132 valence electrons. The van der Waals surface area contributed by atoms with Crippen LogP contribution in [0.2, 0.25) is 0 Å². The molecule has 0 aliphatic carbocycles. The summed E-state index contributed by atoms with van der Waals surface area (Å²) in [6.07, 6.45) is 2.43. The number of hydrogen-bond acceptors (Lipinski definition) is 9. The van der Waals surface area contributed by atoms with Crippen molar-refractivity contribution in [2.24, 2.45) is 5.92 Å². The van der Waals surface area contributed by atoms with Gasteiger partial charge in [-0.25, -0.2) is 9.97 Å².